The molecule has 9 nitrogen and oxygen atoms in total. The maximum absolute atomic E-state index is 12.5. The van der Waals surface area contributed by atoms with Crippen LogP contribution < -0.4 is 10.2 Å². The molecule has 1 unspecified atom stereocenters. The predicted octanol–water partition coefficient (Wildman–Crippen LogP) is 1.73. The molecule has 1 saturated heterocycles. The van der Waals surface area contributed by atoms with Gasteiger partial charge in [-0.15, -0.1) is 0 Å². The summed E-state index contributed by atoms with van der Waals surface area (Å²) in [5, 5.41) is 24.4. The van der Waals surface area contributed by atoms with Crippen molar-refractivity contribution < 1.29 is 19.6 Å². The zero-order valence-electron chi connectivity index (χ0n) is 16.7. The topological polar surface area (TPSA) is 116 Å². The van der Waals surface area contributed by atoms with Gasteiger partial charge in [-0.05, 0) is 17.7 Å². The normalized spacial score (nSPS) is 14.9. The van der Waals surface area contributed by atoms with Crippen LogP contribution in [0.5, 0.6) is 0 Å². The van der Waals surface area contributed by atoms with Crippen LogP contribution in [0, 0.1) is 10.1 Å². The second kappa shape index (κ2) is 9.36. The second-order valence-electron chi connectivity index (χ2n) is 7.09. The van der Waals surface area contributed by atoms with Gasteiger partial charge in [0.05, 0.1) is 11.0 Å². The number of rotatable bonds is 6. The summed E-state index contributed by atoms with van der Waals surface area (Å²) in [5.74, 6) is -0.519. The van der Waals surface area contributed by atoms with Crippen molar-refractivity contribution in [2.24, 2.45) is 0 Å². The average molecular weight is 412 g/mol. The van der Waals surface area contributed by atoms with E-state index in [0.29, 0.717) is 37.4 Å². The van der Waals surface area contributed by atoms with Gasteiger partial charge < -0.3 is 20.2 Å². The highest BCUT2D eigenvalue weighted by atomic mass is 16.6. The fourth-order valence-electron chi connectivity index (χ4n) is 3.43. The van der Waals surface area contributed by atoms with Crippen LogP contribution in [0.15, 0.2) is 48.5 Å². The summed E-state index contributed by atoms with van der Waals surface area (Å²) >= 11 is 0. The van der Waals surface area contributed by atoms with Crippen molar-refractivity contribution in [3.8, 4) is 0 Å². The van der Waals surface area contributed by atoms with E-state index in [1.807, 2.05) is 11.0 Å². The lowest BCUT2D eigenvalue weighted by Crippen LogP contribution is -2.48. The van der Waals surface area contributed by atoms with Crippen molar-refractivity contribution in [1.29, 1.82) is 0 Å². The van der Waals surface area contributed by atoms with Gasteiger partial charge in [-0.1, -0.05) is 30.3 Å². The third-order valence-corrected chi connectivity index (χ3v) is 5.14. The average Bonchev–Trinajstić information content (AvgIpc) is 2.77. The molecule has 1 fully saturated rings. The molecule has 0 aliphatic carbocycles. The summed E-state index contributed by atoms with van der Waals surface area (Å²) in [5.41, 5.74) is 1.07. The number of aliphatic hydroxyl groups is 1. The molecule has 158 valence electrons. The van der Waals surface area contributed by atoms with E-state index < -0.39 is 16.9 Å². The van der Waals surface area contributed by atoms with E-state index in [4.69, 9.17) is 0 Å². The molecule has 0 radical (unpaired) electrons. The lowest BCUT2D eigenvalue weighted by molar-refractivity contribution is -0.384. The van der Waals surface area contributed by atoms with Gasteiger partial charge in [0.1, 0.15) is 5.69 Å². The molecule has 2 N–H and O–H groups in total. The Morgan fingerprint density at radius 3 is 2.40 bits per heavy atom. The smallest absolute Gasteiger partial charge is 0.293 e. The summed E-state index contributed by atoms with van der Waals surface area (Å²) < 4.78 is 0. The Bertz CT molecular complexity index is 926. The molecule has 0 saturated carbocycles. The van der Waals surface area contributed by atoms with Gasteiger partial charge in [-0.2, -0.15) is 0 Å². The molecular formula is C21H24N4O5. The van der Waals surface area contributed by atoms with Crippen LogP contribution in [-0.2, 0) is 4.79 Å². The van der Waals surface area contributed by atoms with Crippen LogP contribution in [0.1, 0.15) is 28.9 Å². The van der Waals surface area contributed by atoms with Crippen molar-refractivity contribution in [2.45, 2.75) is 13.0 Å². The minimum atomic E-state index is -0.873. The Labute approximate surface area is 174 Å². The molecule has 0 spiro atoms. The Morgan fingerprint density at radius 1 is 1.13 bits per heavy atom. The number of carbonyl (C=O) groups is 2. The van der Waals surface area contributed by atoms with E-state index in [1.54, 1.807) is 35.2 Å². The number of nitro benzene ring substituents is 1. The number of piperazine rings is 1. The number of nitro groups is 1. The molecule has 1 heterocycles. The Kier molecular flexibility index (Phi) is 6.63. The Balaban J connectivity index is 1.69. The number of benzene rings is 2. The van der Waals surface area contributed by atoms with Crippen LogP contribution in [0.3, 0.4) is 0 Å². The summed E-state index contributed by atoms with van der Waals surface area (Å²) in [6, 6.07) is 13.3. The first-order chi connectivity index (χ1) is 14.4. The van der Waals surface area contributed by atoms with Gasteiger partial charge in [0.15, 0.2) is 0 Å². The molecule has 3 rings (SSSR count). The zero-order valence-corrected chi connectivity index (χ0v) is 16.7. The van der Waals surface area contributed by atoms with E-state index in [9.17, 15) is 24.8 Å². The number of amides is 2. The summed E-state index contributed by atoms with van der Waals surface area (Å²) in [6.45, 7) is 3.44. The van der Waals surface area contributed by atoms with Crippen molar-refractivity contribution in [1.82, 2.24) is 10.2 Å². The fourth-order valence-corrected chi connectivity index (χ4v) is 3.43. The van der Waals surface area contributed by atoms with Gasteiger partial charge >= 0.3 is 0 Å². The van der Waals surface area contributed by atoms with E-state index in [1.165, 1.54) is 19.1 Å². The van der Waals surface area contributed by atoms with E-state index in [-0.39, 0.29) is 23.7 Å². The highest BCUT2D eigenvalue weighted by molar-refractivity contribution is 5.95. The lowest BCUT2D eigenvalue weighted by atomic mass is 10.1. The monoisotopic (exact) mass is 412 g/mol. The molecule has 30 heavy (non-hydrogen) atoms. The van der Waals surface area contributed by atoms with E-state index in [2.05, 4.69) is 5.32 Å². The molecule has 1 aliphatic heterocycles. The number of nitrogens with zero attached hydrogens (tertiary/aromatic N) is 3. The van der Waals surface area contributed by atoms with Crippen LogP contribution in [0.4, 0.5) is 11.4 Å². The number of aliphatic hydroxyl groups excluding tert-OH is 1. The molecule has 2 aromatic carbocycles. The van der Waals surface area contributed by atoms with E-state index >= 15 is 0 Å². The van der Waals surface area contributed by atoms with Crippen molar-refractivity contribution >= 4 is 23.2 Å². The maximum Gasteiger partial charge on any atom is 0.293 e. The van der Waals surface area contributed by atoms with Crippen molar-refractivity contribution in [3.05, 3.63) is 69.8 Å². The van der Waals surface area contributed by atoms with Crippen LogP contribution in [0.25, 0.3) is 0 Å². The SMILES string of the molecule is CC(=O)N1CCN(c2ccc(C(=O)NCC(O)c3ccccc3)cc2[N+](=O)[O-])CC1. The largest absolute Gasteiger partial charge is 0.387 e. The molecule has 1 aliphatic rings. The van der Waals surface area contributed by atoms with Gasteiger partial charge in [0, 0.05) is 51.3 Å². The number of anilines is 1. The molecule has 2 amide bonds. The lowest BCUT2D eigenvalue weighted by Gasteiger charge is -2.35. The first kappa shape index (κ1) is 21.3. The number of carbonyl (C=O) groups excluding carboxylic acids is 2. The van der Waals surface area contributed by atoms with Crippen molar-refractivity contribution in [3.63, 3.8) is 0 Å². The Morgan fingerprint density at radius 2 is 1.80 bits per heavy atom. The number of hydrogen-bond acceptors (Lipinski definition) is 6. The van der Waals surface area contributed by atoms with Gasteiger partial charge in [0.2, 0.25) is 5.91 Å². The third-order valence-electron chi connectivity index (χ3n) is 5.14. The zero-order chi connectivity index (χ0) is 21.7. The van der Waals surface area contributed by atoms with Gasteiger partial charge in [0.25, 0.3) is 11.6 Å². The van der Waals surface area contributed by atoms with Gasteiger partial charge in [-0.3, -0.25) is 19.7 Å². The predicted molar refractivity (Wildman–Crippen MR) is 111 cm³/mol. The fraction of sp³-hybridized carbons (Fsp3) is 0.333. The number of hydrogen-bond donors (Lipinski definition) is 2. The molecule has 2 aromatic rings. The molecule has 0 aromatic heterocycles. The van der Waals surface area contributed by atoms with Crippen LogP contribution in [0.2, 0.25) is 0 Å². The highest BCUT2D eigenvalue weighted by Crippen LogP contribution is 2.30. The van der Waals surface area contributed by atoms with Crippen LogP contribution >= 0.6 is 0 Å². The Hall–Kier alpha value is -3.46. The molecular weight excluding hydrogens is 388 g/mol. The number of nitrogens with one attached hydrogen (secondary N) is 1. The molecule has 1 atom stereocenters. The van der Waals surface area contributed by atoms with E-state index in [0.717, 1.165) is 0 Å². The summed E-state index contributed by atoms with van der Waals surface area (Å²) in [4.78, 5) is 38.6. The summed E-state index contributed by atoms with van der Waals surface area (Å²) in [7, 11) is 0. The first-order valence-corrected chi connectivity index (χ1v) is 9.67. The summed E-state index contributed by atoms with van der Waals surface area (Å²) in [6.07, 6.45) is -0.873. The van der Waals surface area contributed by atoms with Gasteiger partial charge in [-0.25, -0.2) is 0 Å². The standard InChI is InChI=1S/C21H24N4O5/c1-15(26)23-9-11-24(12-10-23)18-8-7-17(13-19(18)25(29)30)21(28)22-14-20(27)16-5-3-2-4-6-16/h2-8,13,20,27H,9-12,14H2,1H3,(H,22,28). The first-order valence-electron chi connectivity index (χ1n) is 9.67. The van der Waals surface area contributed by atoms with Crippen molar-refractivity contribution in [2.75, 3.05) is 37.6 Å². The third kappa shape index (κ3) is 4.93. The maximum atomic E-state index is 12.5. The molecule has 9 heteroatoms. The second-order valence-corrected chi connectivity index (χ2v) is 7.09. The quantitative estimate of drug-likeness (QED) is 0.551. The minimum Gasteiger partial charge on any atom is -0.387 e. The van der Waals surface area contributed by atoms with Crippen LogP contribution in [-0.4, -0.2) is 59.5 Å². The highest BCUT2D eigenvalue weighted by Gasteiger charge is 2.26. The molecule has 0 bridgehead atoms. The minimum absolute atomic E-state index is 0.00853.